The van der Waals surface area contributed by atoms with Crippen molar-refractivity contribution >= 4 is 11.6 Å². The molecule has 1 atom stereocenters. The summed E-state index contributed by atoms with van der Waals surface area (Å²) < 4.78 is 7.35. The van der Waals surface area contributed by atoms with E-state index in [2.05, 4.69) is 10.4 Å². The fraction of sp³-hybridized carbons (Fsp3) is 0.400. The van der Waals surface area contributed by atoms with Crippen LogP contribution in [0.3, 0.4) is 0 Å². The molecule has 0 aliphatic rings. The largest absolute Gasteiger partial charge is 0.491 e. The highest BCUT2D eigenvalue weighted by molar-refractivity contribution is 6.30. The third-order valence-electron chi connectivity index (χ3n) is 2.92. The Morgan fingerprint density at radius 1 is 1.38 bits per heavy atom. The fourth-order valence-corrected chi connectivity index (χ4v) is 1.96. The predicted octanol–water partition coefficient (Wildman–Crippen LogP) is 1.87. The summed E-state index contributed by atoms with van der Waals surface area (Å²) in [5.41, 5.74) is 1.14. The number of hydrogen-bond acceptors (Lipinski definition) is 4. The van der Waals surface area contributed by atoms with Crippen LogP contribution in [0.15, 0.2) is 36.7 Å². The van der Waals surface area contributed by atoms with Gasteiger partial charge in [-0.1, -0.05) is 11.6 Å². The lowest BCUT2D eigenvalue weighted by Gasteiger charge is -2.13. The maximum Gasteiger partial charge on any atom is 0.119 e. The minimum Gasteiger partial charge on any atom is -0.491 e. The highest BCUT2D eigenvalue weighted by atomic mass is 35.5. The number of aromatic nitrogens is 2. The summed E-state index contributed by atoms with van der Waals surface area (Å²) in [5.74, 6) is 0.700. The van der Waals surface area contributed by atoms with Crippen LogP contribution < -0.4 is 10.1 Å². The van der Waals surface area contributed by atoms with Gasteiger partial charge >= 0.3 is 0 Å². The van der Waals surface area contributed by atoms with Crippen LogP contribution >= 0.6 is 11.6 Å². The quantitative estimate of drug-likeness (QED) is 0.731. The number of hydrogen-bond donors (Lipinski definition) is 2. The summed E-state index contributed by atoms with van der Waals surface area (Å²) in [7, 11) is 0. The summed E-state index contributed by atoms with van der Waals surface area (Å²) in [4.78, 5) is 0. The van der Waals surface area contributed by atoms with Crippen molar-refractivity contribution in [1.82, 2.24) is 15.1 Å². The van der Waals surface area contributed by atoms with Crippen LogP contribution in [0.4, 0.5) is 0 Å². The van der Waals surface area contributed by atoms with Crippen LogP contribution in [-0.4, -0.2) is 40.7 Å². The van der Waals surface area contributed by atoms with E-state index in [1.807, 2.05) is 24.0 Å². The zero-order valence-electron chi connectivity index (χ0n) is 12.0. The zero-order valence-corrected chi connectivity index (χ0v) is 12.8. The first-order valence-corrected chi connectivity index (χ1v) is 7.27. The molecule has 114 valence electrons. The summed E-state index contributed by atoms with van der Waals surface area (Å²) in [6, 6.07) is 7.08. The standard InChI is InChI=1S/C15H20ClN3O2/c1-12-8-18-19(10-12)7-6-17-9-14(20)11-21-15-4-2-13(16)3-5-15/h2-5,8,10,14,17,20H,6-7,9,11H2,1H3. The number of nitrogens with zero attached hydrogens (tertiary/aromatic N) is 2. The van der Waals surface area contributed by atoms with Gasteiger partial charge in [-0.2, -0.15) is 5.10 Å². The van der Waals surface area contributed by atoms with Gasteiger partial charge in [-0.3, -0.25) is 4.68 Å². The summed E-state index contributed by atoms with van der Waals surface area (Å²) in [6.45, 7) is 4.26. The minimum absolute atomic E-state index is 0.246. The van der Waals surface area contributed by atoms with Crippen molar-refractivity contribution in [1.29, 1.82) is 0 Å². The molecule has 2 rings (SSSR count). The Morgan fingerprint density at radius 3 is 2.81 bits per heavy atom. The number of ether oxygens (including phenoxy) is 1. The van der Waals surface area contributed by atoms with Gasteiger partial charge in [-0.15, -0.1) is 0 Å². The topological polar surface area (TPSA) is 59.3 Å². The van der Waals surface area contributed by atoms with Gasteiger partial charge < -0.3 is 15.2 Å². The first-order valence-electron chi connectivity index (χ1n) is 6.89. The van der Waals surface area contributed by atoms with Gasteiger partial charge in [-0.05, 0) is 36.8 Å². The Balaban J connectivity index is 1.59. The molecular formula is C15H20ClN3O2. The third-order valence-corrected chi connectivity index (χ3v) is 3.17. The van der Waals surface area contributed by atoms with E-state index in [1.54, 1.807) is 24.3 Å². The second-order valence-corrected chi connectivity index (χ2v) is 5.34. The molecule has 2 aromatic rings. The lowest BCUT2D eigenvalue weighted by molar-refractivity contribution is 0.106. The first-order chi connectivity index (χ1) is 10.1. The first kappa shape index (κ1) is 15.8. The Labute approximate surface area is 129 Å². The Bertz CT molecular complexity index is 542. The number of nitrogens with one attached hydrogen (secondary N) is 1. The van der Waals surface area contributed by atoms with Crippen LogP contribution in [0.5, 0.6) is 5.75 Å². The second kappa shape index (κ2) is 8.02. The smallest absolute Gasteiger partial charge is 0.119 e. The van der Waals surface area contributed by atoms with Gasteiger partial charge in [0.15, 0.2) is 0 Å². The van der Waals surface area contributed by atoms with E-state index in [0.717, 1.165) is 18.7 Å². The van der Waals surface area contributed by atoms with Crippen LogP contribution in [0.1, 0.15) is 5.56 Å². The lowest BCUT2D eigenvalue weighted by atomic mass is 10.3. The Kier molecular flexibility index (Phi) is 6.04. The van der Waals surface area contributed by atoms with E-state index in [9.17, 15) is 5.11 Å². The van der Waals surface area contributed by atoms with E-state index in [-0.39, 0.29) is 6.61 Å². The summed E-state index contributed by atoms with van der Waals surface area (Å²) in [6.07, 6.45) is 3.26. The molecule has 0 bridgehead atoms. The van der Waals surface area contributed by atoms with E-state index >= 15 is 0 Å². The lowest BCUT2D eigenvalue weighted by Crippen LogP contribution is -2.33. The van der Waals surface area contributed by atoms with E-state index < -0.39 is 6.10 Å². The molecular weight excluding hydrogens is 290 g/mol. The van der Waals surface area contributed by atoms with Crippen molar-refractivity contribution in [2.45, 2.75) is 19.6 Å². The molecule has 6 heteroatoms. The average molecular weight is 310 g/mol. The maximum absolute atomic E-state index is 9.83. The molecule has 2 N–H and O–H groups in total. The Morgan fingerprint density at radius 2 is 2.14 bits per heavy atom. The van der Waals surface area contributed by atoms with Gasteiger partial charge in [-0.25, -0.2) is 0 Å². The molecule has 0 saturated heterocycles. The van der Waals surface area contributed by atoms with Gasteiger partial charge in [0.2, 0.25) is 0 Å². The molecule has 0 saturated carbocycles. The van der Waals surface area contributed by atoms with Gasteiger partial charge in [0.1, 0.15) is 18.5 Å². The van der Waals surface area contributed by atoms with Crippen LogP contribution in [0.2, 0.25) is 5.02 Å². The number of halogens is 1. The van der Waals surface area contributed by atoms with Crippen molar-refractivity contribution < 1.29 is 9.84 Å². The highest BCUT2D eigenvalue weighted by Crippen LogP contribution is 2.15. The fourth-order valence-electron chi connectivity index (χ4n) is 1.83. The van der Waals surface area contributed by atoms with Crippen molar-refractivity contribution in [2.24, 2.45) is 0 Å². The number of aryl methyl sites for hydroxylation is 1. The van der Waals surface area contributed by atoms with E-state index in [1.165, 1.54) is 0 Å². The second-order valence-electron chi connectivity index (χ2n) is 4.90. The monoisotopic (exact) mass is 309 g/mol. The van der Waals surface area contributed by atoms with Crippen molar-refractivity contribution in [3.05, 3.63) is 47.2 Å². The van der Waals surface area contributed by atoms with Gasteiger partial charge in [0.25, 0.3) is 0 Å². The van der Waals surface area contributed by atoms with Crippen LogP contribution in [0.25, 0.3) is 0 Å². The Hall–Kier alpha value is -1.56. The van der Waals surface area contributed by atoms with Crippen LogP contribution in [-0.2, 0) is 6.54 Å². The molecule has 1 aromatic carbocycles. The molecule has 0 spiro atoms. The molecule has 0 aliphatic heterocycles. The molecule has 21 heavy (non-hydrogen) atoms. The summed E-state index contributed by atoms with van der Waals surface area (Å²) >= 11 is 5.79. The average Bonchev–Trinajstić information content (AvgIpc) is 2.89. The number of aliphatic hydroxyl groups excluding tert-OH is 1. The molecule has 1 aromatic heterocycles. The normalized spacial score (nSPS) is 12.3. The molecule has 0 fully saturated rings. The maximum atomic E-state index is 9.83. The summed E-state index contributed by atoms with van der Waals surface area (Å²) in [5, 5.41) is 17.9. The van der Waals surface area contributed by atoms with Crippen molar-refractivity contribution in [3.8, 4) is 5.75 Å². The molecule has 0 aliphatic carbocycles. The SMILES string of the molecule is Cc1cnn(CCNCC(O)COc2ccc(Cl)cc2)c1. The minimum atomic E-state index is -0.556. The molecule has 1 unspecified atom stereocenters. The number of aliphatic hydroxyl groups is 1. The molecule has 5 nitrogen and oxygen atoms in total. The van der Waals surface area contributed by atoms with Gasteiger partial charge in [0.05, 0.1) is 12.7 Å². The highest BCUT2D eigenvalue weighted by Gasteiger charge is 2.05. The molecule has 1 heterocycles. The van der Waals surface area contributed by atoms with Crippen molar-refractivity contribution in [3.63, 3.8) is 0 Å². The van der Waals surface area contributed by atoms with E-state index in [0.29, 0.717) is 17.3 Å². The molecule has 0 radical (unpaired) electrons. The van der Waals surface area contributed by atoms with Crippen molar-refractivity contribution in [2.75, 3.05) is 19.7 Å². The molecule has 0 amide bonds. The third kappa shape index (κ3) is 5.75. The van der Waals surface area contributed by atoms with Crippen LogP contribution in [0, 0.1) is 6.92 Å². The van der Waals surface area contributed by atoms with Gasteiger partial charge in [0, 0.05) is 24.3 Å². The number of rotatable bonds is 8. The number of benzene rings is 1. The van der Waals surface area contributed by atoms with E-state index in [4.69, 9.17) is 16.3 Å². The zero-order chi connectivity index (χ0) is 15.1. The predicted molar refractivity (Wildman–Crippen MR) is 82.8 cm³/mol.